The second kappa shape index (κ2) is 6.44. The first-order valence-electron chi connectivity index (χ1n) is 7.14. The van der Waals surface area contributed by atoms with Crippen molar-refractivity contribution < 1.29 is 9.84 Å². The molecule has 0 spiro atoms. The van der Waals surface area contributed by atoms with Crippen LogP contribution in [0.2, 0.25) is 0 Å². The van der Waals surface area contributed by atoms with Crippen LogP contribution in [0.1, 0.15) is 6.42 Å². The molecular weight excluding hydrogens is 280 g/mol. The lowest BCUT2D eigenvalue weighted by molar-refractivity contribution is 0.198. The second-order valence-corrected chi connectivity index (χ2v) is 4.94. The number of hydrogen-bond acceptors (Lipinski definition) is 5. The lowest BCUT2D eigenvalue weighted by Crippen LogP contribution is -2.07. The van der Waals surface area contributed by atoms with Crippen LogP contribution in [0.3, 0.4) is 0 Å². The summed E-state index contributed by atoms with van der Waals surface area (Å²) in [6.45, 7) is 1.48. The van der Waals surface area contributed by atoms with Crippen molar-refractivity contribution in [1.82, 2.24) is 14.4 Å². The number of methoxy groups -OCH3 is 1. The number of aromatic hydroxyl groups is 1. The Bertz CT molecular complexity index is 770. The lowest BCUT2D eigenvalue weighted by Gasteiger charge is -2.07. The van der Waals surface area contributed by atoms with E-state index in [1.165, 1.54) is 0 Å². The van der Waals surface area contributed by atoms with E-state index in [2.05, 4.69) is 15.3 Å². The Balaban J connectivity index is 1.91. The summed E-state index contributed by atoms with van der Waals surface area (Å²) in [7, 11) is 1.69. The van der Waals surface area contributed by atoms with Crippen molar-refractivity contribution in [1.29, 1.82) is 0 Å². The van der Waals surface area contributed by atoms with Gasteiger partial charge >= 0.3 is 0 Å². The molecule has 6 heteroatoms. The van der Waals surface area contributed by atoms with Crippen molar-refractivity contribution in [3.8, 4) is 17.0 Å². The number of phenols is 1. The van der Waals surface area contributed by atoms with Gasteiger partial charge in [-0.25, -0.2) is 9.97 Å². The Kier molecular flexibility index (Phi) is 4.20. The molecular formula is C16H18N4O2. The topological polar surface area (TPSA) is 71.7 Å². The average molecular weight is 298 g/mol. The SMILES string of the molecule is COCCCNc1nccn2c(-c3cccc(O)c3)cnc12. The van der Waals surface area contributed by atoms with E-state index < -0.39 is 0 Å². The van der Waals surface area contributed by atoms with Crippen LogP contribution in [0, 0.1) is 0 Å². The molecule has 114 valence electrons. The van der Waals surface area contributed by atoms with Gasteiger partial charge in [-0.3, -0.25) is 4.40 Å². The Morgan fingerprint density at radius 1 is 1.32 bits per heavy atom. The molecule has 2 aromatic heterocycles. The summed E-state index contributed by atoms with van der Waals surface area (Å²) in [6.07, 6.45) is 6.28. The maximum Gasteiger partial charge on any atom is 0.180 e. The van der Waals surface area contributed by atoms with Crippen LogP contribution in [0.5, 0.6) is 5.75 Å². The third-order valence-electron chi connectivity index (χ3n) is 3.39. The zero-order chi connectivity index (χ0) is 15.4. The molecule has 0 fully saturated rings. The Morgan fingerprint density at radius 3 is 3.05 bits per heavy atom. The molecule has 22 heavy (non-hydrogen) atoms. The van der Waals surface area contributed by atoms with Gasteiger partial charge in [-0.15, -0.1) is 0 Å². The lowest BCUT2D eigenvalue weighted by atomic mass is 10.1. The number of benzene rings is 1. The van der Waals surface area contributed by atoms with Crippen molar-refractivity contribution in [2.45, 2.75) is 6.42 Å². The molecule has 0 atom stereocenters. The maximum atomic E-state index is 9.64. The smallest absolute Gasteiger partial charge is 0.180 e. The zero-order valence-corrected chi connectivity index (χ0v) is 12.4. The molecule has 0 aliphatic rings. The van der Waals surface area contributed by atoms with Gasteiger partial charge < -0.3 is 15.2 Å². The first-order chi connectivity index (χ1) is 10.8. The summed E-state index contributed by atoms with van der Waals surface area (Å²) in [5, 5.41) is 12.9. The van der Waals surface area contributed by atoms with Crippen molar-refractivity contribution in [2.24, 2.45) is 0 Å². The molecule has 1 aromatic carbocycles. The molecule has 0 saturated carbocycles. The van der Waals surface area contributed by atoms with Crippen molar-refractivity contribution in [3.63, 3.8) is 0 Å². The van der Waals surface area contributed by atoms with Gasteiger partial charge in [-0.05, 0) is 18.6 Å². The minimum Gasteiger partial charge on any atom is -0.508 e. The summed E-state index contributed by atoms with van der Waals surface area (Å²) < 4.78 is 6.99. The number of rotatable bonds is 6. The van der Waals surface area contributed by atoms with Crippen LogP contribution in [0.15, 0.2) is 42.9 Å². The van der Waals surface area contributed by atoms with Gasteiger partial charge in [0.25, 0.3) is 0 Å². The highest BCUT2D eigenvalue weighted by molar-refractivity contribution is 5.71. The fourth-order valence-electron chi connectivity index (χ4n) is 2.35. The van der Waals surface area contributed by atoms with E-state index in [1.807, 2.05) is 22.7 Å². The van der Waals surface area contributed by atoms with Gasteiger partial charge in [-0.1, -0.05) is 12.1 Å². The Labute approximate surface area is 128 Å². The molecule has 3 aromatic rings. The highest BCUT2D eigenvalue weighted by Gasteiger charge is 2.10. The highest BCUT2D eigenvalue weighted by Crippen LogP contribution is 2.25. The average Bonchev–Trinajstić information content (AvgIpc) is 2.96. The number of aromatic nitrogens is 3. The number of phenolic OH excluding ortho intramolecular Hbond substituents is 1. The van der Waals surface area contributed by atoms with Crippen molar-refractivity contribution in [3.05, 3.63) is 42.9 Å². The van der Waals surface area contributed by atoms with Crippen LogP contribution in [-0.4, -0.2) is 39.7 Å². The number of imidazole rings is 1. The molecule has 0 unspecified atom stereocenters. The fraction of sp³-hybridized carbons (Fsp3) is 0.250. The van der Waals surface area contributed by atoms with Crippen LogP contribution in [0.25, 0.3) is 16.9 Å². The van der Waals surface area contributed by atoms with Crippen LogP contribution >= 0.6 is 0 Å². The molecule has 2 heterocycles. The number of fused-ring (bicyclic) bond motifs is 1. The zero-order valence-electron chi connectivity index (χ0n) is 12.4. The Morgan fingerprint density at radius 2 is 2.23 bits per heavy atom. The van der Waals surface area contributed by atoms with E-state index in [9.17, 15) is 5.11 Å². The first kappa shape index (κ1) is 14.3. The molecule has 0 radical (unpaired) electrons. The monoisotopic (exact) mass is 298 g/mol. The van der Waals surface area contributed by atoms with E-state index in [1.54, 1.807) is 31.6 Å². The second-order valence-electron chi connectivity index (χ2n) is 4.94. The van der Waals surface area contributed by atoms with Crippen LogP contribution in [-0.2, 0) is 4.74 Å². The van der Waals surface area contributed by atoms with Gasteiger partial charge in [0, 0.05) is 38.2 Å². The van der Waals surface area contributed by atoms with Gasteiger partial charge in [0.05, 0.1) is 11.9 Å². The summed E-state index contributed by atoms with van der Waals surface area (Å²) in [5.41, 5.74) is 2.58. The quantitative estimate of drug-likeness (QED) is 0.684. The van der Waals surface area contributed by atoms with Crippen molar-refractivity contribution >= 4 is 11.5 Å². The van der Waals surface area contributed by atoms with Crippen molar-refractivity contribution in [2.75, 3.05) is 25.6 Å². The highest BCUT2D eigenvalue weighted by atomic mass is 16.5. The van der Waals surface area contributed by atoms with E-state index in [-0.39, 0.29) is 5.75 Å². The van der Waals surface area contributed by atoms with Gasteiger partial charge in [0.2, 0.25) is 0 Å². The molecule has 0 aliphatic carbocycles. The van der Waals surface area contributed by atoms with Gasteiger partial charge in [-0.2, -0.15) is 0 Å². The first-order valence-corrected chi connectivity index (χ1v) is 7.14. The van der Waals surface area contributed by atoms with E-state index in [4.69, 9.17) is 4.74 Å². The molecule has 0 aliphatic heterocycles. The number of anilines is 1. The summed E-state index contributed by atoms with van der Waals surface area (Å²) >= 11 is 0. The third kappa shape index (κ3) is 2.87. The van der Waals surface area contributed by atoms with Crippen LogP contribution < -0.4 is 5.32 Å². The number of hydrogen-bond donors (Lipinski definition) is 2. The molecule has 2 N–H and O–H groups in total. The predicted molar refractivity (Wildman–Crippen MR) is 85.1 cm³/mol. The molecule has 0 saturated heterocycles. The summed E-state index contributed by atoms with van der Waals surface area (Å²) in [4.78, 5) is 8.79. The normalized spacial score (nSPS) is 11.0. The van der Waals surface area contributed by atoms with Gasteiger partial charge in [0.1, 0.15) is 5.75 Å². The third-order valence-corrected chi connectivity index (χ3v) is 3.39. The molecule has 3 rings (SSSR count). The molecule has 6 nitrogen and oxygen atoms in total. The molecule has 0 bridgehead atoms. The molecule has 0 amide bonds. The maximum absolute atomic E-state index is 9.64. The Hall–Kier alpha value is -2.60. The van der Waals surface area contributed by atoms with Gasteiger partial charge in [0.15, 0.2) is 11.5 Å². The van der Waals surface area contributed by atoms with Crippen LogP contribution in [0.4, 0.5) is 5.82 Å². The number of nitrogens with zero attached hydrogens (tertiary/aromatic N) is 3. The van der Waals surface area contributed by atoms with E-state index in [0.717, 1.165) is 35.7 Å². The number of nitrogens with one attached hydrogen (secondary N) is 1. The summed E-state index contributed by atoms with van der Waals surface area (Å²) in [5.74, 6) is 0.976. The largest absolute Gasteiger partial charge is 0.508 e. The van der Waals surface area contributed by atoms with E-state index >= 15 is 0 Å². The van der Waals surface area contributed by atoms with E-state index in [0.29, 0.717) is 6.61 Å². The standard InChI is InChI=1S/C16H18N4O2/c1-22-9-3-6-17-15-16-19-11-14(20(16)8-7-18-15)12-4-2-5-13(21)10-12/h2,4-5,7-8,10-11,21H,3,6,9H2,1H3,(H,17,18). The number of ether oxygens (including phenoxy) is 1. The summed E-state index contributed by atoms with van der Waals surface area (Å²) in [6, 6.07) is 7.12. The fourth-order valence-corrected chi connectivity index (χ4v) is 2.35. The minimum absolute atomic E-state index is 0.236. The predicted octanol–water partition coefficient (Wildman–Crippen LogP) is 2.55. The minimum atomic E-state index is 0.236.